The fraction of sp³-hybridized carbons (Fsp3) is 0.130. The standard InChI is InChI=1S/C23H19N5O/c1-13-4-3-5-17(25-13)11-22(29)21-10-16-9-18-20(12-19(16)26-21)27-28-23(18)15-6-7-24-14(2)8-15/h3-10,12,27-28H,11H2,1-2H3. The van der Waals surface area contributed by atoms with Crippen molar-refractivity contribution in [3.63, 3.8) is 0 Å². The molecule has 1 aromatic carbocycles. The second-order valence-electron chi connectivity index (χ2n) is 7.28. The smallest absolute Gasteiger partial charge is 0.187 e. The Morgan fingerprint density at radius 2 is 1.86 bits per heavy atom. The summed E-state index contributed by atoms with van der Waals surface area (Å²) in [5, 5.41) is 8.44. The second-order valence-corrected chi connectivity index (χ2v) is 7.28. The maximum atomic E-state index is 12.7. The van der Waals surface area contributed by atoms with Gasteiger partial charge in [-0.25, -0.2) is 4.98 Å². The molecule has 0 aliphatic rings. The van der Waals surface area contributed by atoms with Gasteiger partial charge in [0.05, 0.1) is 23.1 Å². The summed E-state index contributed by atoms with van der Waals surface area (Å²) >= 11 is 0. The second kappa shape index (κ2) is 6.67. The number of aromatic amines is 2. The summed E-state index contributed by atoms with van der Waals surface area (Å²) in [5.41, 5.74) is 6.89. The van der Waals surface area contributed by atoms with Crippen LogP contribution in [0.1, 0.15) is 27.6 Å². The summed E-state index contributed by atoms with van der Waals surface area (Å²) in [6.45, 7) is 3.89. The molecule has 142 valence electrons. The molecule has 6 heteroatoms. The molecular weight excluding hydrogens is 362 g/mol. The average Bonchev–Trinajstić information content (AvgIpc) is 3.29. The summed E-state index contributed by atoms with van der Waals surface area (Å²) in [6, 6.07) is 15.6. The highest BCUT2D eigenvalue weighted by Crippen LogP contribution is 2.30. The topological polar surface area (TPSA) is 87.3 Å². The third-order valence-electron chi connectivity index (χ3n) is 5.05. The Bertz CT molecular complexity index is 1380. The Morgan fingerprint density at radius 3 is 2.69 bits per heavy atom. The number of nitrogens with one attached hydrogen (secondary N) is 2. The number of carbonyl (C=O) groups is 1. The molecule has 0 bridgehead atoms. The van der Waals surface area contributed by atoms with Crippen molar-refractivity contribution in [1.82, 2.24) is 25.1 Å². The molecule has 2 N–H and O–H groups in total. The molecule has 6 nitrogen and oxygen atoms in total. The van der Waals surface area contributed by atoms with Gasteiger partial charge in [-0.15, -0.1) is 0 Å². The highest BCUT2D eigenvalue weighted by atomic mass is 16.1. The molecule has 0 radical (unpaired) electrons. The van der Waals surface area contributed by atoms with Crippen LogP contribution >= 0.6 is 0 Å². The van der Waals surface area contributed by atoms with Gasteiger partial charge in [-0.1, -0.05) is 6.07 Å². The Hall–Kier alpha value is -3.80. The predicted octanol–water partition coefficient (Wildman–Crippen LogP) is 4.54. The summed E-state index contributed by atoms with van der Waals surface area (Å²) in [5.74, 6) is -0.0282. The lowest BCUT2D eigenvalue weighted by molar-refractivity contribution is 0.0988. The van der Waals surface area contributed by atoms with E-state index in [1.807, 2.05) is 56.3 Å². The highest BCUT2D eigenvalue weighted by molar-refractivity contribution is 6.05. The van der Waals surface area contributed by atoms with E-state index >= 15 is 0 Å². The van der Waals surface area contributed by atoms with Crippen LogP contribution in [0.3, 0.4) is 0 Å². The molecule has 0 aliphatic heterocycles. The first kappa shape index (κ1) is 17.3. The molecule has 5 aromatic rings. The van der Waals surface area contributed by atoms with Crippen molar-refractivity contribution >= 4 is 27.6 Å². The largest absolute Gasteiger partial charge is 0.300 e. The normalized spacial score (nSPS) is 11.4. The van der Waals surface area contributed by atoms with Crippen molar-refractivity contribution in [2.45, 2.75) is 20.3 Å². The minimum absolute atomic E-state index is 0.0282. The zero-order valence-corrected chi connectivity index (χ0v) is 16.2. The van der Waals surface area contributed by atoms with Crippen LogP contribution in [0, 0.1) is 13.8 Å². The van der Waals surface area contributed by atoms with Crippen LogP contribution in [0.25, 0.3) is 33.1 Å². The van der Waals surface area contributed by atoms with E-state index in [1.54, 1.807) is 6.20 Å². The molecular formula is C23H19N5O. The van der Waals surface area contributed by atoms with Gasteiger partial charge in [-0.05, 0) is 56.3 Å². The predicted molar refractivity (Wildman–Crippen MR) is 113 cm³/mol. The minimum Gasteiger partial charge on any atom is -0.300 e. The van der Waals surface area contributed by atoms with E-state index in [4.69, 9.17) is 0 Å². The Balaban J connectivity index is 1.53. The van der Waals surface area contributed by atoms with Crippen molar-refractivity contribution in [3.8, 4) is 11.3 Å². The van der Waals surface area contributed by atoms with Gasteiger partial charge in [0.15, 0.2) is 5.78 Å². The van der Waals surface area contributed by atoms with Crippen molar-refractivity contribution < 1.29 is 4.79 Å². The number of fused-ring (bicyclic) bond motifs is 2. The minimum atomic E-state index is -0.0282. The first-order valence-corrected chi connectivity index (χ1v) is 9.46. The lowest BCUT2D eigenvalue weighted by Crippen LogP contribution is -2.05. The quantitative estimate of drug-likeness (QED) is 0.447. The summed E-state index contributed by atoms with van der Waals surface area (Å²) in [7, 11) is 0. The molecule has 0 atom stereocenters. The molecule has 4 aromatic heterocycles. The van der Waals surface area contributed by atoms with Crippen molar-refractivity contribution in [2.75, 3.05) is 0 Å². The highest BCUT2D eigenvalue weighted by Gasteiger charge is 2.15. The molecule has 0 spiro atoms. The third kappa shape index (κ3) is 3.18. The number of aromatic nitrogens is 5. The number of carbonyl (C=O) groups excluding carboxylic acids is 1. The number of hydrogen-bond donors (Lipinski definition) is 2. The molecule has 4 heterocycles. The number of rotatable bonds is 4. The lowest BCUT2D eigenvalue weighted by atomic mass is 10.1. The molecule has 0 fully saturated rings. The van der Waals surface area contributed by atoms with Crippen LogP contribution in [-0.2, 0) is 6.42 Å². The molecule has 0 saturated heterocycles. The van der Waals surface area contributed by atoms with Crippen LogP contribution in [0.15, 0.2) is 54.7 Å². The number of nitrogens with zero attached hydrogens (tertiary/aromatic N) is 3. The number of ketones is 1. The average molecular weight is 381 g/mol. The first-order chi connectivity index (χ1) is 14.1. The lowest BCUT2D eigenvalue weighted by Gasteiger charge is -2.00. The Kier molecular flexibility index (Phi) is 3.98. The van der Waals surface area contributed by atoms with E-state index in [0.29, 0.717) is 5.69 Å². The fourth-order valence-electron chi connectivity index (χ4n) is 3.66. The molecule has 29 heavy (non-hydrogen) atoms. The van der Waals surface area contributed by atoms with E-state index in [0.717, 1.165) is 50.1 Å². The van der Waals surface area contributed by atoms with Crippen molar-refractivity contribution in [1.29, 1.82) is 0 Å². The van der Waals surface area contributed by atoms with E-state index in [-0.39, 0.29) is 12.2 Å². The first-order valence-electron chi connectivity index (χ1n) is 9.46. The van der Waals surface area contributed by atoms with Gasteiger partial charge in [-0.2, -0.15) is 0 Å². The SMILES string of the molecule is Cc1cc(-c2[nH][nH]c3cc4nc(C(=O)Cc5cccc(C)n5)cc4cc23)ccn1. The van der Waals surface area contributed by atoms with Crippen molar-refractivity contribution in [2.24, 2.45) is 0 Å². The van der Waals surface area contributed by atoms with E-state index < -0.39 is 0 Å². The molecule has 0 unspecified atom stereocenters. The molecule has 5 rings (SSSR count). The van der Waals surface area contributed by atoms with Gasteiger partial charge in [0.2, 0.25) is 0 Å². The zero-order valence-electron chi connectivity index (χ0n) is 16.2. The molecule has 0 amide bonds. The summed E-state index contributed by atoms with van der Waals surface area (Å²) in [4.78, 5) is 26.0. The van der Waals surface area contributed by atoms with E-state index in [2.05, 4.69) is 31.2 Å². The monoisotopic (exact) mass is 381 g/mol. The van der Waals surface area contributed by atoms with Crippen LogP contribution < -0.4 is 0 Å². The molecule has 0 saturated carbocycles. The number of pyridine rings is 2. The molecule has 0 aliphatic carbocycles. The number of benzene rings is 1. The number of hydrogen-bond acceptors (Lipinski definition) is 4. The van der Waals surface area contributed by atoms with Crippen LogP contribution in [0.2, 0.25) is 0 Å². The van der Waals surface area contributed by atoms with Crippen LogP contribution in [-0.4, -0.2) is 30.9 Å². The van der Waals surface area contributed by atoms with Gasteiger partial charge in [0.25, 0.3) is 0 Å². The van der Waals surface area contributed by atoms with E-state index in [1.165, 1.54) is 0 Å². The van der Waals surface area contributed by atoms with Gasteiger partial charge in [0.1, 0.15) is 5.69 Å². The van der Waals surface area contributed by atoms with Crippen LogP contribution in [0.5, 0.6) is 0 Å². The van der Waals surface area contributed by atoms with Crippen LogP contribution in [0.4, 0.5) is 0 Å². The maximum Gasteiger partial charge on any atom is 0.187 e. The van der Waals surface area contributed by atoms with Crippen molar-refractivity contribution in [3.05, 3.63) is 77.5 Å². The Morgan fingerprint density at radius 1 is 0.966 bits per heavy atom. The van der Waals surface area contributed by atoms with Gasteiger partial charge >= 0.3 is 0 Å². The van der Waals surface area contributed by atoms with Gasteiger partial charge in [-0.3, -0.25) is 19.9 Å². The number of H-pyrrole nitrogens is 2. The van der Waals surface area contributed by atoms with Gasteiger partial charge in [0, 0.05) is 39.6 Å². The zero-order chi connectivity index (χ0) is 20.0. The maximum absolute atomic E-state index is 12.7. The van der Waals surface area contributed by atoms with Gasteiger partial charge < -0.3 is 5.10 Å². The fourth-order valence-corrected chi connectivity index (χ4v) is 3.66. The summed E-state index contributed by atoms with van der Waals surface area (Å²) in [6.07, 6.45) is 2.05. The number of aryl methyl sites for hydroxylation is 2. The number of Topliss-reactive ketones (excluding diaryl/α,β-unsaturated/α-hetero) is 1. The Labute approximate surface area is 167 Å². The third-order valence-corrected chi connectivity index (χ3v) is 5.05. The van der Waals surface area contributed by atoms with E-state index in [9.17, 15) is 4.79 Å². The summed E-state index contributed by atoms with van der Waals surface area (Å²) < 4.78 is 0.